The van der Waals surface area contributed by atoms with Crippen LogP contribution in [0.25, 0.3) is 10.8 Å². The third-order valence-corrected chi connectivity index (χ3v) is 4.63. The van der Waals surface area contributed by atoms with Crippen molar-refractivity contribution in [2.45, 2.75) is 44.2 Å². The number of aliphatic hydroxyl groups is 1. The van der Waals surface area contributed by atoms with E-state index in [1.165, 1.54) is 0 Å². The molecule has 0 spiro atoms. The van der Waals surface area contributed by atoms with Crippen LogP contribution in [0.4, 0.5) is 0 Å². The third kappa shape index (κ3) is 3.51. The molecular formula is C15H18N2O3S. The summed E-state index contributed by atoms with van der Waals surface area (Å²) in [6, 6.07) is 3.88. The molecule has 0 aliphatic heterocycles. The van der Waals surface area contributed by atoms with Crippen LogP contribution in [-0.4, -0.2) is 21.6 Å². The van der Waals surface area contributed by atoms with Crippen LogP contribution in [0.3, 0.4) is 0 Å². The van der Waals surface area contributed by atoms with Gasteiger partial charge in [0.25, 0.3) is 0 Å². The average Bonchev–Trinajstić information content (AvgIpc) is 3.17. The Bertz CT molecular complexity index is 600. The second-order valence-corrected chi connectivity index (χ2v) is 6.45. The van der Waals surface area contributed by atoms with Gasteiger partial charge in [0.05, 0.1) is 29.1 Å². The molecule has 0 aromatic carbocycles. The van der Waals surface area contributed by atoms with Crippen LogP contribution >= 0.6 is 11.3 Å². The SMILES string of the molecule is O=C(CC1(O)CCCC1)NCc1coc(-c2cccs2)n1. The Morgan fingerprint density at radius 1 is 1.48 bits per heavy atom. The number of hydrogen-bond donors (Lipinski definition) is 2. The molecule has 5 nitrogen and oxygen atoms in total. The van der Waals surface area contributed by atoms with Crippen molar-refractivity contribution in [3.05, 3.63) is 29.5 Å². The van der Waals surface area contributed by atoms with Crippen LogP contribution in [-0.2, 0) is 11.3 Å². The minimum atomic E-state index is -0.809. The van der Waals surface area contributed by atoms with E-state index < -0.39 is 5.60 Å². The topological polar surface area (TPSA) is 75.4 Å². The molecule has 0 radical (unpaired) electrons. The van der Waals surface area contributed by atoms with E-state index in [4.69, 9.17) is 4.42 Å². The Balaban J connectivity index is 1.52. The van der Waals surface area contributed by atoms with Crippen molar-refractivity contribution in [2.24, 2.45) is 0 Å². The number of aromatic nitrogens is 1. The smallest absolute Gasteiger partial charge is 0.236 e. The molecule has 1 aliphatic rings. The molecule has 21 heavy (non-hydrogen) atoms. The highest BCUT2D eigenvalue weighted by molar-refractivity contribution is 7.13. The number of oxazole rings is 1. The summed E-state index contributed by atoms with van der Waals surface area (Å²) in [6.07, 6.45) is 5.15. The summed E-state index contributed by atoms with van der Waals surface area (Å²) < 4.78 is 5.39. The van der Waals surface area contributed by atoms with E-state index in [9.17, 15) is 9.90 Å². The molecule has 2 aromatic rings. The van der Waals surface area contributed by atoms with Gasteiger partial charge in [-0.25, -0.2) is 4.98 Å². The zero-order chi connectivity index (χ0) is 14.7. The zero-order valence-corrected chi connectivity index (χ0v) is 12.5. The number of hydrogen-bond acceptors (Lipinski definition) is 5. The van der Waals surface area contributed by atoms with Gasteiger partial charge in [0.15, 0.2) is 0 Å². The van der Waals surface area contributed by atoms with Gasteiger partial charge in [-0.15, -0.1) is 11.3 Å². The number of thiophene rings is 1. The molecule has 0 bridgehead atoms. The molecule has 0 saturated heterocycles. The molecule has 1 amide bonds. The summed E-state index contributed by atoms with van der Waals surface area (Å²) in [4.78, 5) is 17.2. The van der Waals surface area contributed by atoms with Crippen molar-refractivity contribution in [3.8, 4) is 10.8 Å². The molecule has 2 aromatic heterocycles. The standard InChI is InChI=1S/C15H18N2O3S/c18-13(8-15(19)5-1-2-6-15)16-9-11-10-20-14(17-11)12-4-3-7-21-12/h3-4,7,10,19H,1-2,5-6,8-9H2,(H,16,18). The first-order chi connectivity index (χ1) is 10.1. The van der Waals surface area contributed by atoms with Gasteiger partial charge in [-0.2, -0.15) is 0 Å². The quantitative estimate of drug-likeness (QED) is 0.890. The first-order valence-corrected chi connectivity index (χ1v) is 8.00. The van der Waals surface area contributed by atoms with E-state index in [0.717, 1.165) is 17.7 Å². The van der Waals surface area contributed by atoms with Crippen LogP contribution in [0.15, 0.2) is 28.2 Å². The molecule has 0 atom stereocenters. The Morgan fingerprint density at radius 2 is 2.29 bits per heavy atom. The lowest BCUT2D eigenvalue weighted by Gasteiger charge is -2.20. The summed E-state index contributed by atoms with van der Waals surface area (Å²) in [5, 5.41) is 14.9. The Labute approximate surface area is 127 Å². The number of nitrogens with zero attached hydrogens (tertiary/aromatic N) is 1. The molecule has 3 rings (SSSR count). The fourth-order valence-electron chi connectivity index (χ4n) is 2.66. The predicted molar refractivity (Wildman–Crippen MR) is 79.7 cm³/mol. The minimum absolute atomic E-state index is 0.139. The van der Waals surface area contributed by atoms with Crippen molar-refractivity contribution in [1.29, 1.82) is 0 Å². The Morgan fingerprint density at radius 3 is 3.00 bits per heavy atom. The molecule has 1 aliphatic carbocycles. The summed E-state index contributed by atoms with van der Waals surface area (Å²) in [5.74, 6) is 0.434. The lowest BCUT2D eigenvalue weighted by molar-refractivity contribution is -0.126. The van der Waals surface area contributed by atoms with Crippen molar-refractivity contribution < 1.29 is 14.3 Å². The highest BCUT2D eigenvalue weighted by Gasteiger charge is 2.33. The van der Waals surface area contributed by atoms with Crippen molar-refractivity contribution >= 4 is 17.2 Å². The second kappa shape index (κ2) is 5.99. The van der Waals surface area contributed by atoms with Crippen molar-refractivity contribution in [3.63, 3.8) is 0 Å². The van der Waals surface area contributed by atoms with Crippen molar-refractivity contribution in [2.75, 3.05) is 0 Å². The van der Waals surface area contributed by atoms with Crippen LogP contribution < -0.4 is 5.32 Å². The molecule has 6 heteroatoms. The number of carbonyl (C=O) groups is 1. The number of amides is 1. The molecular weight excluding hydrogens is 288 g/mol. The maximum atomic E-state index is 11.9. The molecule has 1 saturated carbocycles. The first-order valence-electron chi connectivity index (χ1n) is 7.12. The van der Waals surface area contributed by atoms with E-state index in [-0.39, 0.29) is 12.3 Å². The normalized spacial score (nSPS) is 17.0. The van der Waals surface area contributed by atoms with E-state index >= 15 is 0 Å². The van der Waals surface area contributed by atoms with Gasteiger partial charge in [-0.3, -0.25) is 4.79 Å². The number of rotatable bonds is 5. The minimum Gasteiger partial charge on any atom is -0.443 e. The van der Waals surface area contributed by atoms with Gasteiger partial charge < -0.3 is 14.8 Å². The average molecular weight is 306 g/mol. The molecule has 2 heterocycles. The van der Waals surface area contributed by atoms with Gasteiger partial charge >= 0.3 is 0 Å². The predicted octanol–water partition coefficient (Wildman–Crippen LogP) is 2.71. The van der Waals surface area contributed by atoms with Gasteiger partial charge in [0, 0.05) is 0 Å². The van der Waals surface area contributed by atoms with Crippen LogP contribution in [0.5, 0.6) is 0 Å². The van der Waals surface area contributed by atoms with E-state index in [0.29, 0.717) is 31.0 Å². The lowest BCUT2D eigenvalue weighted by atomic mass is 9.98. The number of nitrogens with one attached hydrogen (secondary N) is 1. The summed E-state index contributed by atoms with van der Waals surface area (Å²) in [5.41, 5.74) is -0.124. The van der Waals surface area contributed by atoms with Gasteiger partial charge in [0.2, 0.25) is 11.8 Å². The van der Waals surface area contributed by atoms with Gasteiger partial charge in [-0.05, 0) is 24.3 Å². The molecule has 1 fully saturated rings. The lowest BCUT2D eigenvalue weighted by Crippen LogP contribution is -2.34. The molecule has 112 valence electrons. The summed E-state index contributed by atoms with van der Waals surface area (Å²) in [7, 11) is 0. The fourth-order valence-corrected chi connectivity index (χ4v) is 3.32. The highest BCUT2D eigenvalue weighted by atomic mass is 32.1. The highest BCUT2D eigenvalue weighted by Crippen LogP contribution is 2.32. The van der Waals surface area contributed by atoms with Gasteiger partial charge in [0.1, 0.15) is 6.26 Å². The second-order valence-electron chi connectivity index (χ2n) is 5.51. The van der Waals surface area contributed by atoms with Gasteiger partial charge in [-0.1, -0.05) is 18.9 Å². The van der Waals surface area contributed by atoms with Crippen LogP contribution in [0, 0.1) is 0 Å². The zero-order valence-electron chi connectivity index (χ0n) is 11.7. The van der Waals surface area contributed by atoms with Crippen molar-refractivity contribution in [1.82, 2.24) is 10.3 Å². The first kappa shape index (κ1) is 14.3. The summed E-state index contributed by atoms with van der Waals surface area (Å²) in [6.45, 7) is 0.323. The number of carbonyl (C=O) groups excluding carboxylic acids is 1. The maximum Gasteiger partial charge on any atom is 0.236 e. The van der Waals surface area contributed by atoms with E-state index in [1.807, 2.05) is 17.5 Å². The molecule has 2 N–H and O–H groups in total. The maximum absolute atomic E-state index is 11.9. The fraction of sp³-hybridized carbons (Fsp3) is 0.467. The van der Waals surface area contributed by atoms with Crippen LogP contribution in [0.2, 0.25) is 0 Å². The summed E-state index contributed by atoms with van der Waals surface area (Å²) >= 11 is 1.56. The largest absolute Gasteiger partial charge is 0.443 e. The van der Waals surface area contributed by atoms with E-state index in [1.54, 1.807) is 17.6 Å². The van der Waals surface area contributed by atoms with E-state index in [2.05, 4.69) is 10.3 Å². The van der Waals surface area contributed by atoms with Crippen LogP contribution in [0.1, 0.15) is 37.8 Å². The Hall–Kier alpha value is -1.66. The molecule has 0 unspecified atom stereocenters. The monoisotopic (exact) mass is 306 g/mol. The third-order valence-electron chi connectivity index (χ3n) is 3.77. The Kier molecular flexibility index (Phi) is 4.07.